The first-order chi connectivity index (χ1) is 12.2. The molecule has 1 aromatic rings. The van der Waals surface area contributed by atoms with Crippen LogP contribution in [0.5, 0.6) is 0 Å². The summed E-state index contributed by atoms with van der Waals surface area (Å²) in [6.45, 7) is 2.46. The standard InChI is InChI=1S/C19H25FN4O.ClH/c20-13-4-3-5-15-16(13)19(7-1-2-8-19)11-24(15)18(25)17-12-10-21-9-6-14(12)22-23-17;/h3-5,12,14,17,21-23H,1-2,6-11H2;1H. The van der Waals surface area contributed by atoms with Crippen molar-refractivity contribution in [3.8, 4) is 0 Å². The lowest BCUT2D eigenvalue weighted by atomic mass is 9.80. The first kappa shape index (κ1) is 18.2. The zero-order valence-corrected chi connectivity index (χ0v) is 15.6. The molecule has 3 aliphatic heterocycles. The van der Waals surface area contributed by atoms with Gasteiger partial charge in [-0.05, 0) is 37.9 Å². The van der Waals surface area contributed by atoms with E-state index in [1.54, 1.807) is 12.1 Å². The van der Waals surface area contributed by atoms with Crippen molar-refractivity contribution in [1.29, 1.82) is 0 Å². The minimum Gasteiger partial charge on any atom is -0.316 e. The van der Waals surface area contributed by atoms with E-state index in [4.69, 9.17) is 0 Å². The second-order valence-corrected chi connectivity index (χ2v) is 8.08. The van der Waals surface area contributed by atoms with Gasteiger partial charge in [0.05, 0.1) is 5.69 Å². The fourth-order valence-electron chi connectivity index (χ4n) is 5.51. The van der Waals surface area contributed by atoms with E-state index in [0.29, 0.717) is 12.6 Å². The van der Waals surface area contributed by atoms with Gasteiger partial charge >= 0.3 is 0 Å². The molecular formula is C19H26ClFN4O. The number of nitrogens with one attached hydrogen (secondary N) is 3. The van der Waals surface area contributed by atoms with Crippen molar-refractivity contribution in [3.05, 3.63) is 29.6 Å². The summed E-state index contributed by atoms with van der Waals surface area (Å²) in [5.41, 5.74) is 7.92. The molecule has 0 aromatic heterocycles. The largest absolute Gasteiger partial charge is 0.316 e. The van der Waals surface area contributed by atoms with E-state index < -0.39 is 0 Å². The van der Waals surface area contributed by atoms with E-state index in [1.165, 1.54) is 0 Å². The van der Waals surface area contributed by atoms with Gasteiger partial charge in [-0.1, -0.05) is 18.9 Å². The van der Waals surface area contributed by atoms with Crippen LogP contribution < -0.4 is 21.1 Å². The molecule has 1 spiro atoms. The highest BCUT2D eigenvalue weighted by Gasteiger charge is 2.51. The number of nitrogens with zero attached hydrogens (tertiary/aromatic N) is 1. The van der Waals surface area contributed by atoms with Crippen LogP contribution in [-0.4, -0.2) is 37.6 Å². The zero-order chi connectivity index (χ0) is 17.0. The Morgan fingerprint density at radius 3 is 2.85 bits per heavy atom. The predicted octanol–water partition coefficient (Wildman–Crippen LogP) is 1.86. The van der Waals surface area contributed by atoms with Gasteiger partial charge in [-0.3, -0.25) is 10.2 Å². The van der Waals surface area contributed by atoms with E-state index in [1.807, 2.05) is 11.0 Å². The Kier molecular flexibility index (Phi) is 4.72. The molecule has 3 atom stereocenters. The van der Waals surface area contributed by atoms with E-state index >= 15 is 0 Å². The van der Waals surface area contributed by atoms with E-state index in [-0.39, 0.29) is 41.5 Å². The summed E-state index contributed by atoms with van der Waals surface area (Å²) >= 11 is 0. The van der Waals surface area contributed by atoms with Crippen LogP contribution in [0.2, 0.25) is 0 Å². The normalized spacial score (nSPS) is 31.6. The number of anilines is 1. The Balaban J connectivity index is 0.00000168. The Hall–Kier alpha value is -1.21. The highest BCUT2D eigenvalue weighted by Crippen LogP contribution is 2.51. The molecule has 1 amide bonds. The first-order valence-corrected chi connectivity index (χ1v) is 9.52. The second-order valence-electron chi connectivity index (χ2n) is 8.08. The molecule has 4 aliphatic rings. The molecule has 3 fully saturated rings. The van der Waals surface area contributed by atoms with Crippen LogP contribution in [0.25, 0.3) is 0 Å². The first-order valence-electron chi connectivity index (χ1n) is 9.52. The van der Waals surface area contributed by atoms with E-state index in [2.05, 4.69) is 16.2 Å². The zero-order valence-electron chi connectivity index (χ0n) is 14.8. The molecule has 5 rings (SSSR count). The molecule has 5 nitrogen and oxygen atoms in total. The fraction of sp³-hybridized carbons (Fsp3) is 0.632. The number of hydrogen-bond acceptors (Lipinski definition) is 4. The Morgan fingerprint density at radius 2 is 2.04 bits per heavy atom. The number of rotatable bonds is 1. The van der Waals surface area contributed by atoms with Gasteiger partial charge < -0.3 is 10.2 Å². The molecule has 142 valence electrons. The third kappa shape index (κ3) is 2.58. The molecule has 1 aromatic carbocycles. The fourth-order valence-corrected chi connectivity index (χ4v) is 5.51. The topological polar surface area (TPSA) is 56.4 Å². The van der Waals surface area contributed by atoms with Crippen LogP contribution in [0, 0.1) is 11.7 Å². The molecule has 2 saturated heterocycles. The van der Waals surface area contributed by atoms with Crippen LogP contribution in [-0.2, 0) is 10.2 Å². The molecule has 1 aliphatic carbocycles. The van der Waals surface area contributed by atoms with Crippen LogP contribution >= 0.6 is 12.4 Å². The highest BCUT2D eigenvalue weighted by atomic mass is 35.5. The van der Waals surface area contributed by atoms with Gasteiger partial charge in [0.15, 0.2) is 0 Å². The van der Waals surface area contributed by atoms with Crippen molar-refractivity contribution in [2.75, 3.05) is 24.5 Å². The van der Waals surface area contributed by atoms with Crippen molar-refractivity contribution in [3.63, 3.8) is 0 Å². The Bertz CT molecular complexity index is 709. The molecule has 0 radical (unpaired) electrons. The molecular weight excluding hydrogens is 355 g/mol. The lowest BCUT2D eigenvalue weighted by Crippen LogP contribution is -2.51. The molecule has 1 saturated carbocycles. The van der Waals surface area contributed by atoms with E-state index in [0.717, 1.165) is 56.4 Å². The van der Waals surface area contributed by atoms with Crippen LogP contribution in [0.4, 0.5) is 10.1 Å². The lowest BCUT2D eigenvalue weighted by molar-refractivity contribution is -0.121. The maximum atomic E-state index is 14.7. The number of hydrazine groups is 1. The number of piperidine rings is 1. The van der Waals surface area contributed by atoms with Crippen molar-refractivity contribution >= 4 is 24.0 Å². The Morgan fingerprint density at radius 1 is 1.23 bits per heavy atom. The van der Waals surface area contributed by atoms with E-state index in [9.17, 15) is 9.18 Å². The third-order valence-corrected chi connectivity index (χ3v) is 6.75. The average molecular weight is 381 g/mol. The summed E-state index contributed by atoms with van der Waals surface area (Å²) in [7, 11) is 0. The molecule has 7 heteroatoms. The number of benzene rings is 1. The van der Waals surface area contributed by atoms with Gasteiger partial charge in [0, 0.05) is 36.0 Å². The molecule has 3 N–H and O–H groups in total. The van der Waals surface area contributed by atoms with Crippen molar-refractivity contribution in [1.82, 2.24) is 16.2 Å². The smallest absolute Gasteiger partial charge is 0.245 e. The summed E-state index contributed by atoms with van der Waals surface area (Å²) in [5.74, 6) is 0.183. The Labute approximate surface area is 159 Å². The number of halogens is 2. The van der Waals surface area contributed by atoms with Gasteiger partial charge in [-0.2, -0.15) is 0 Å². The number of amides is 1. The SMILES string of the molecule is Cl.O=C(C1NNC2CCNCC21)N1CC2(CCCC2)c2c(F)cccc21. The molecule has 0 bridgehead atoms. The summed E-state index contributed by atoms with van der Waals surface area (Å²) in [6.07, 6.45) is 5.22. The maximum absolute atomic E-state index is 14.7. The lowest BCUT2D eigenvalue weighted by Gasteiger charge is -2.30. The van der Waals surface area contributed by atoms with Gasteiger partial charge in [0.25, 0.3) is 0 Å². The minimum atomic E-state index is -0.245. The number of hydrogen-bond donors (Lipinski definition) is 3. The molecule has 3 unspecified atom stereocenters. The average Bonchev–Trinajstić information content (AvgIpc) is 3.34. The van der Waals surface area contributed by atoms with Crippen molar-refractivity contribution in [2.24, 2.45) is 5.92 Å². The minimum absolute atomic E-state index is 0. The molecule has 3 heterocycles. The van der Waals surface area contributed by atoms with Crippen molar-refractivity contribution < 1.29 is 9.18 Å². The van der Waals surface area contributed by atoms with Crippen LogP contribution in [0.15, 0.2) is 18.2 Å². The maximum Gasteiger partial charge on any atom is 0.245 e. The van der Waals surface area contributed by atoms with Crippen molar-refractivity contribution in [2.45, 2.75) is 49.6 Å². The summed E-state index contributed by atoms with van der Waals surface area (Å²) in [6, 6.07) is 5.29. The summed E-state index contributed by atoms with van der Waals surface area (Å²) in [5, 5.41) is 3.40. The van der Waals surface area contributed by atoms with Crippen LogP contribution in [0.3, 0.4) is 0 Å². The number of carbonyl (C=O) groups is 1. The van der Waals surface area contributed by atoms with Gasteiger partial charge in [-0.25, -0.2) is 9.82 Å². The number of fused-ring (bicyclic) bond motifs is 3. The highest BCUT2D eigenvalue weighted by molar-refractivity contribution is 6.00. The predicted molar refractivity (Wildman–Crippen MR) is 101 cm³/mol. The third-order valence-electron chi connectivity index (χ3n) is 6.75. The van der Waals surface area contributed by atoms with Crippen LogP contribution in [0.1, 0.15) is 37.7 Å². The van der Waals surface area contributed by atoms with Gasteiger partial charge in [0.1, 0.15) is 11.9 Å². The quantitative estimate of drug-likeness (QED) is 0.696. The summed E-state index contributed by atoms with van der Waals surface area (Å²) in [4.78, 5) is 15.3. The summed E-state index contributed by atoms with van der Waals surface area (Å²) < 4.78 is 14.7. The van der Waals surface area contributed by atoms with Gasteiger partial charge in [0.2, 0.25) is 5.91 Å². The van der Waals surface area contributed by atoms with Gasteiger partial charge in [-0.15, -0.1) is 12.4 Å². The molecule has 26 heavy (non-hydrogen) atoms. The monoisotopic (exact) mass is 380 g/mol. The second kappa shape index (κ2) is 6.75. The number of carbonyl (C=O) groups excluding carboxylic acids is 1.